The van der Waals surface area contributed by atoms with Crippen molar-refractivity contribution >= 4 is 5.91 Å². The van der Waals surface area contributed by atoms with Crippen molar-refractivity contribution in [3.8, 4) is 0 Å². The highest BCUT2D eigenvalue weighted by atomic mass is 19.1. The zero-order valence-corrected chi connectivity index (χ0v) is 17.3. The van der Waals surface area contributed by atoms with Gasteiger partial charge in [0.25, 0.3) is 5.91 Å². The van der Waals surface area contributed by atoms with Crippen molar-refractivity contribution in [2.45, 2.75) is 50.5 Å². The highest BCUT2D eigenvalue weighted by Gasteiger charge is 2.39. The first-order chi connectivity index (χ1) is 14.6. The minimum atomic E-state index is -0.588. The number of amides is 1. The van der Waals surface area contributed by atoms with Gasteiger partial charge in [0.05, 0.1) is 18.8 Å². The highest BCUT2D eigenvalue weighted by Crippen LogP contribution is 2.36. The maximum absolute atomic E-state index is 13.5. The Morgan fingerprint density at radius 1 is 1.23 bits per heavy atom. The Balaban J connectivity index is 1.57. The number of halogens is 1. The average Bonchev–Trinajstić information content (AvgIpc) is 2.77. The Morgan fingerprint density at radius 3 is 2.73 bits per heavy atom. The number of hydrogen-bond donors (Lipinski definition) is 1. The third-order valence-corrected chi connectivity index (χ3v) is 5.99. The maximum atomic E-state index is 13.5. The van der Waals surface area contributed by atoms with E-state index >= 15 is 0 Å². The summed E-state index contributed by atoms with van der Waals surface area (Å²) < 4.78 is 25.2. The lowest BCUT2D eigenvalue weighted by Gasteiger charge is -2.41. The van der Waals surface area contributed by atoms with E-state index in [1.165, 1.54) is 17.7 Å². The van der Waals surface area contributed by atoms with Gasteiger partial charge in [0.1, 0.15) is 11.9 Å². The lowest BCUT2D eigenvalue weighted by Crippen LogP contribution is -2.54. The number of fused-ring (bicyclic) bond motifs is 1. The van der Waals surface area contributed by atoms with Crippen molar-refractivity contribution in [1.82, 2.24) is 4.90 Å². The molecule has 5 nitrogen and oxygen atoms in total. The molecule has 2 aliphatic heterocycles. The van der Waals surface area contributed by atoms with Crippen molar-refractivity contribution in [3.63, 3.8) is 0 Å². The molecule has 2 aromatic carbocycles. The van der Waals surface area contributed by atoms with Gasteiger partial charge in [0.2, 0.25) is 0 Å². The van der Waals surface area contributed by atoms with E-state index in [9.17, 15) is 9.18 Å². The third-order valence-electron chi connectivity index (χ3n) is 5.99. The second-order valence-electron chi connectivity index (χ2n) is 8.07. The van der Waals surface area contributed by atoms with Crippen LogP contribution in [-0.4, -0.2) is 48.8 Å². The lowest BCUT2D eigenvalue weighted by molar-refractivity contribution is -0.157. The van der Waals surface area contributed by atoms with Crippen molar-refractivity contribution in [2.75, 3.05) is 19.8 Å². The van der Waals surface area contributed by atoms with Crippen LogP contribution in [0.15, 0.2) is 48.5 Å². The van der Waals surface area contributed by atoms with Gasteiger partial charge in [-0.1, -0.05) is 43.3 Å². The number of hydrogen-bond acceptors (Lipinski definition) is 4. The van der Waals surface area contributed by atoms with E-state index in [2.05, 4.69) is 6.07 Å². The van der Waals surface area contributed by atoms with E-state index in [1.54, 1.807) is 12.1 Å². The maximum Gasteiger partial charge on any atom is 0.252 e. The van der Waals surface area contributed by atoms with E-state index in [-0.39, 0.29) is 29.9 Å². The van der Waals surface area contributed by atoms with E-state index in [0.717, 1.165) is 24.0 Å². The Labute approximate surface area is 177 Å². The summed E-state index contributed by atoms with van der Waals surface area (Å²) in [6.07, 6.45) is 1.36. The molecule has 4 atom stereocenters. The van der Waals surface area contributed by atoms with Crippen LogP contribution < -0.4 is 5.73 Å². The molecule has 0 radical (unpaired) electrons. The summed E-state index contributed by atoms with van der Waals surface area (Å²) in [7, 11) is 0. The molecule has 1 saturated heterocycles. The first-order valence-corrected chi connectivity index (χ1v) is 10.7. The Hall–Kier alpha value is -2.28. The van der Waals surface area contributed by atoms with Crippen LogP contribution >= 0.6 is 0 Å². The molecule has 6 heteroatoms. The Bertz CT molecular complexity index is 873. The van der Waals surface area contributed by atoms with Crippen LogP contribution in [0.2, 0.25) is 0 Å². The highest BCUT2D eigenvalue weighted by molar-refractivity contribution is 5.82. The smallest absolute Gasteiger partial charge is 0.252 e. The number of carbonyl (C=O) groups excluding carboxylic acids is 1. The molecule has 2 aromatic rings. The first-order valence-electron chi connectivity index (χ1n) is 10.7. The SMILES string of the molecule is CCCO[C@H]1CO[C@@H](C(=O)N2CCc3ccccc3[C@@H]2c2ccc(F)cc2)C[C@@H]1N. The van der Waals surface area contributed by atoms with Gasteiger partial charge in [0.15, 0.2) is 0 Å². The summed E-state index contributed by atoms with van der Waals surface area (Å²) >= 11 is 0. The normalized spacial score (nSPS) is 26.3. The summed E-state index contributed by atoms with van der Waals surface area (Å²) in [5.74, 6) is -0.358. The van der Waals surface area contributed by atoms with Crippen molar-refractivity contribution in [1.29, 1.82) is 0 Å². The lowest BCUT2D eigenvalue weighted by atomic mass is 9.87. The first kappa shape index (κ1) is 21.0. The number of nitrogens with two attached hydrogens (primary N) is 1. The fourth-order valence-electron chi connectivity index (χ4n) is 4.41. The number of ether oxygens (including phenoxy) is 2. The molecule has 2 aliphatic rings. The number of rotatable bonds is 5. The van der Waals surface area contributed by atoms with Crippen LogP contribution in [-0.2, 0) is 20.7 Å². The minimum Gasteiger partial charge on any atom is -0.374 e. The van der Waals surface area contributed by atoms with Crippen molar-refractivity contribution in [3.05, 3.63) is 71.0 Å². The van der Waals surface area contributed by atoms with E-state index in [4.69, 9.17) is 15.2 Å². The molecule has 2 heterocycles. The zero-order chi connectivity index (χ0) is 21.1. The predicted molar refractivity (Wildman–Crippen MR) is 112 cm³/mol. The summed E-state index contributed by atoms with van der Waals surface area (Å²) in [5.41, 5.74) is 9.48. The molecular weight excluding hydrogens is 383 g/mol. The second-order valence-corrected chi connectivity index (χ2v) is 8.07. The van der Waals surface area contributed by atoms with Crippen LogP contribution in [0.3, 0.4) is 0 Å². The predicted octanol–water partition coefficient (Wildman–Crippen LogP) is 3.21. The van der Waals surface area contributed by atoms with Crippen LogP contribution in [0.1, 0.15) is 42.5 Å². The number of carbonyl (C=O) groups is 1. The molecular formula is C24H29FN2O3. The molecule has 0 aromatic heterocycles. The van der Waals surface area contributed by atoms with Gasteiger partial charge in [-0.3, -0.25) is 4.79 Å². The standard InChI is InChI=1S/C24H29FN2O3/c1-2-13-29-22-15-30-21(14-20(22)26)24(28)27-12-11-16-5-3-4-6-19(16)23(27)17-7-9-18(25)10-8-17/h3-10,20-23H,2,11-15,26H2,1H3/t20-,21+,22-,23-/m0/s1. The van der Waals surface area contributed by atoms with Crippen LogP contribution in [0.4, 0.5) is 4.39 Å². The molecule has 0 aliphatic carbocycles. The van der Waals surface area contributed by atoms with Gasteiger partial charge in [-0.15, -0.1) is 0 Å². The molecule has 0 spiro atoms. The molecule has 1 amide bonds. The average molecular weight is 413 g/mol. The number of nitrogens with zero attached hydrogens (tertiary/aromatic N) is 1. The monoisotopic (exact) mass is 412 g/mol. The van der Waals surface area contributed by atoms with Gasteiger partial charge >= 0.3 is 0 Å². The molecule has 2 N–H and O–H groups in total. The molecule has 0 unspecified atom stereocenters. The van der Waals surface area contributed by atoms with E-state index in [1.807, 2.05) is 30.0 Å². The van der Waals surface area contributed by atoms with Crippen LogP contribution in [0.25, 0.3) is 0 Å². The van der Waals surface area contributed by atoms with Crippen molar-refractivity contribution in [2.24, 2.45) is 5.73 Å². The minimum absolute atomic E-state index is 0.0665. The van der Waals surface area contributed by atoms with Gasteiger partial charge in [-0.25, -0.2) is 4.39 Å². The second kappa shape index (κ2) is 9.25. The van der Waals surface area contributed by atoms with Crippen LogP contribution in [0.5, 0.6) is 0 Å². The Morgan fingerprint density at radius 2 is 2.00 bits per heavy atom. The molecule has 0 bridgehead atoms. The van der Waals surface area contributed by atoms with Gasteiger partial charge in [-0.05, 0) is 41.7 Å². The van der Waals surface area contributed by atoms with Crippen molar-refractivity contribution < 1.29 is 18.7 Å². The third kappa shape index (κ3) is 4.26. The Kier molecular flexibility index (Phi) is 6.46. The number of benzene rings is 2. The summed E-state index contributed by atoms with van der Waals surface area (Å²) in [4.78, 5) is 15.4. The van der Waals surface area contributed by atoms with E-state index < -0.39 is 6.10 Å². The largest absolute Gasteiger partial charge is 0.374 e. The van der Waals surface area contributed by atoms with Crippen LogP contribution in [0, 0.1) is 5.82 Å². The zero-order valence-electron chi connectivity index (χ0n) is 17.3. The molecule has 30 heavy (non-hydrogen) atoms. The quantitative estimate of drug-likeness (QED) is 0.819. The van der Waals surface area contributed by atoms with Gasteiger partial charge in [0, 0.05) is 25.6 Å². The fraction of sp³-hybridized carbons (Fsp3) is 0.458. The van der Waals surface area contributed by atoms with Gasteiger partial charge < -0.3 is 20.1 Å². The fourth-order valence-corrected chi connectivity index (χ4v) is 4.41. The molecule has 0 saturated carbocycles. The van der Waals surface area contributed by atoms with E-state index in [0.29, 0.717) is 26.2 Å². The summed E-state index contributed by atoms with van der Waals surface area (Å²) in [6.45, 7) is 3.59. The molecule has 4 rings (SSSR count). The molecule has 1 fully saturated rings. The molecule has 160 valence electrons. The topological polar surface area (TPSA) is 64.8 Å². The summed E-state index contributed by atoms with van der Waals surface area (Å²) in [5, 5.41) is 0. The van der Waals surface area contributed by atoms with Gasteiger partial charge in [-0.2, -0.15) is 0 Å². The summed E-state index contributed by atoms with van der Waals surface area (Å²) in [6, 6.07) is 14.0.